The van der Waals surface area contributed by atoms with Gasteiger partial charge in [0.05, 0.1) is 4.88 Å². The summed E-state index contributed by atoms with van der Waals surface area (Å²) in [6.07, 6.45) is 1.58. The van der Waals surface area contributed by atoms with E-state index >= 15 is 0 Å². The molecule has 0 aliphatic carbocycles. The van der Waals surface area contributed by atoms with E-state index in [2.05, 4.69) is 15.6 Å². The van der Waals surface area contributed by atoms with E-state index in [0.29, 0.717) is 35.2 Å². The van der Waals surface area contributed by atoms with Crippen LogP contribution in [0.4, 0.5) is 4.39 Å². The molecule has 166 valence electrons. The van der Waals surface area contributed by atoms with Gasteiger partial charge in [0, 0.05) is 30.9 Å². The summed E-state index contributed by atoms with van der Waals surface area (Å²) in [5, 5.41) is 7.57. The van der Waals surface area contributed by atoms with Gasteiger partial charge in [-0.2, -0.15) is 0 Å². The second-order valence-electron chi connectivity index (χ2n) is 7.10. The minimum Gasteiger partial charge on any atom is -0.439 e. The van der Waals surface area contributed by atoms with Crippen molar-refractivity contribution in [3.8, 4) is 11.6 Å². The summed E-state index contributed by atoms with van der Waals surface area (Å²) in [4.78, 5) is 29.3. The fraction of sp³-hybridized carbons (Fsp3) is 0.0800. The predicted octanol–water partition coefficient (Wildman–Crippen LogP) is 4.93. The molecular weight excluding hydrogens is 441 g/mol. The van der Waals surface area contributed by atoms with Gasteiger partial charge >= 0.3 is 0 Å². The highest BCUT2D eigenvalue weighted by Crippen LogP contribution is 2.20. The maximum absolute atomic E-state index is 13.0. The van der Waals surface area contributed by atoms with Crippen LogP contribution in [0.15, 0.2) is 84.4 Å². The summed E-state index contributed by atoms with van der Waals surface area (Å²) in [7, 11) is 0. The third kappa shape index (κ3) is 6.24. The van der Waals surface area contributed by atoms with Crippen LogP contribution in [0.3, 0.4) is 0 Å². The summed E-state index contributed by atoms with van der Waals surface area (Å²) in [6.45, 7) is 0.673. The minimum atomic E-state index is -0.345. The average molecular weight is 462 g/mol. The first-order valence-electron chi connectivity index (χ1n) is 10.1. The second kappa shape index (κ2) is 10.5. The molecule has 0 unspecified atom stereocenters. The highest BCUT2D eigenvalue weighted by molar-refractivity contribution is 7.12. The zero-order valence-corrected chi connectivity index (χ0v) is 18.3. The second-order valence-corrected chi connectivity index (χ2v) is 8.05. The van der Waals surface area contributed by atoms with Gasteiger partial charge in [0.1, 0.15) is 11.6 Å². The Labute approximate surface area is 194 Å². The maximum Gasteiger partial charge on any atom is 0.261 e. The molecule has 0 aliphatic heterocycles. The number of hydrogen-bond donors (Lipinski definition) is 2. The number of benzene rings is 2. The molecule has 2 aromatic heterocycles. The maximum atomic E-state index is 13.0. The van der Waals surface area contributed by atoms with E-state index in [1.165, 1.54) is 35.6 Å². The number of rotatable bonds is 8. The van der Waals surface area contributed by atoms with Gasteiger partial charge in [-0.05, 0) is 65.0 Å². The number of amides is 2. The van der Waals surface area contributed by atoms with Gasteiger partial charge in [-0.25, -0.2) is 9.37 Å². The third-order valence-electron chi connectivity index (χ3n) is 4.70. The molecule has 0 atom stereocenters. The van der Waals surface area contributed by atoms with Gasteiger partial charge < -0.3 is 15.4 Å². The lowest BCUT2D eigenvalue weighted by atomic mass is 10.1. The van der Waals surface area contributed by atoms with Gasteiger partial charge in [0.2, 0.25) is 5.88 Å². The molecule has 0 bridgehead atoms. The molecule has 0 spiro atoms. The SMILES string of the molecule is O=C(NCc1ccnc(Oc2ccc(F)cc2)c1)c1ccc(CNC(=O)c2cccs2)cc1. The zero-order chi connectivity index (χ0) is 23.0. The molecule has 4 aromatic rings. The number of hydrogen-bond acceptors (Lipinski definition) is 5. The lowest BCUT2D eigenvalue weighted by Gasteiger charge is -2.09. The molecule has 2 N–H and O–H groups in total. The molecule has 8 heteroatoms. The Balaban J connectivity index is 1.28. The number of nitrogens with zero attached hydrogens (tertiary/aromatic N) is 1. The van der Waals surface area contributed by atoms with E-state index in [1.54, 1.807) is 36.5 Å². The van der Waals surface area contributed by atoms with Crippen LogP contribution in [0.5, 0.6) is 11.6 Å². The number of carbonyl (C=O) groups is 2. The molecule has 4 rings (SSSR count). The molecule has 0 fully saturated rings. The number of pyridine rings is 1. The monoisotopic (exact) mass is 461 g/mol. The lowest BCUT2D eigenvalue weighted by molar-refractivity contribution is 0.0943. The molecule has 6 nitrogen and oxygen atoms in total. The summed E-state index contributed by atoms with van der Waals surface area (Å²) < 4.78 is 18.6. The van der Waals surface area contributed by atoms with Gasteiger partial charge in [-0.1, -0.05) is 18.2 Å². The van der Waals surface area contributed by atoms with Crippen LogP contribution < -0.4 is 15.4 Å². The average Bonchev–Trinajstić information content (AvgIpc) is 3.38. The Bertz CT molecular complexity index is 1230. The van der Waals surface area contributed by atoms with E-state index in [9.17, 15) is 14.0 Å². The van der Waals surface area contributed by atoms with Crippen LogP contribution in [0.1, 0.15) is 31.2 Å². The summed E-state index contributed by atoms with van der Waals surface area (Å²) >= 11 is 1.39. The highest BCUT2D eigenvalue weighted by atomic mass is 32.1. The van der Waals surface area contributed by atoms with Crippen LogP contribution in [0.25, 0.3) is 0 Å². The van der Waals surface area contributed by atoms with Crippen molar-refractivity contribution in [3.05, 3.63) is 112 Å². The Morgan fingerprint density at radius 2 is 1.61 bits per heavy atom. The van der Waals surface area contributed by atoms with Crippen LogP contribution >= 0.6 is 11.3 Å². The molecule has 0 radical (unpaired) electrons. The van der Waals surface area contributed by atoms with Gasteiger partial charge in [0.25, 0.3) is 11.8 Å². The van der Waals surface area contributed by atoms with E-state index in [4.69, 9.17) is 4.74 Å². The number of ether oxygens (including phenoxy) is 1. The molecular formula is C25H20FN3O3S. The standard InChI is InChI=1S/C25H20FN3O3S/c26-20-7-9-21(10-8-20)32-23-14-18(11-12-27-23)16-28-24(30)19-5-3-17(4-6-19)15-29-25(31)22-2-1-13-33-22/h1-14H,15-16H2,(H,28,30)(H,29,31). The molecule has 2 aromatic carbocycles. The number of thiophene rings is 1. The molecule has 0 aliphatic rings. The summed E-state index contributed by atoms with van der Waals surface area (Å²) in [5.41, 5.74) is 2.22. The van der Waals surface area contributed by atoms with Crippen LogP contribution in [0, 0.1) is 5.82 Å². The first-order chi connectivity index (χ1) is 16.1. The van der Waals surface area contributed by atoms with Crippen molar-refractivity contribution in [3.63, 3.8) is 0 Å². The largest absolute Gasteiger partial charge is 0.439 e. The minimum absolute atomic E-state index is 0.119. The fourth-order valence-electron chi connectivity index (χ4n) is 2.98. The molecule has 0 saturated heterocycles. The third-order valence-corrected chi connectivity index (χ3v) is 5.57. The normalized spacial score (nSPS) is 10.5. The first-order valence-corrected chi connectivity index (χ1v) is 11.0. The fourth-order valence-corrected chi connectivity index (χ4v) is 3.62. The predicted molar refractivity (Wildman–Crippen MR) is 124 cm³/mol. The number of halogens is 1. The van der Waals surface area contributed by atoms with Crippen molar-refractivity contribution >= 4 is 23.2 Å². The van der Waals surface area contributed by atoms with Crippen LogP contribution in [-0.4, -0.2) is 16.8 Å². The highest BCUT2D eigenvalue weighted by Gasteiger charge is 2.09. The molecule has 2 amide bonds. The smallest absolute Gasteiger partial charge is 0.261 e. The van der Waals surface area contributed by atoms with Gasteiger partial charge in [0.15, 0.2) is 0 Å². The summed E-state index contributed by atoms with van der Waals surface area (Å²) in [5.74, 6) is 0.135. The van der Waals surface area contributed by atoms with Crippen molar-refractivity contribution in [2.24, 2.45) is 0 Å². The number of aromatic nitrogens is 1. The molecule has 33 heavy (non-hydrogen) atoms. The lowest BCUT2D eigenvalue weighted by Crippen LogP contribution is -2.23. The van der Waals surface area contributed by atoms with E-state index < -0.39 is 0 Å². The Morgan fingerprint density at radius 3 is 2.33 bits per heavy atom. The van der Waals surface area contributed by atoms with Crippen molar-refractivity contribution in [1.82, 2.24) is 15.6 Å². The van der Waals surface area contributed by atoms with Crippen molar-refractivity contribution in [2.75, 3.05) is 0 Å². The van der Waals surface area contributed by atoms with Crippen LogP contribution in [0.2, 0.25) is 0 Å². The first kappa shape index (κ1) is 22.2. The number of nitrogens with one attached hydrogen (secondary N) is 2. The Morgan fingerprint density at radius 1 is 0.879 bits per heavy atom. The van der Waals surface area contributed by atoms with Gasteiger partial charge in [-0.3, -0.25) is 9.59 Å². The Kier molecular flexibility index (Phi) is 7.06. The topological polar surface area (TPSA) is 80.3 Å². The van der Waals surface area contributed by atoms with E-state index in [1.807, 2.05) is 23.6 Å². The Hall–Kier alpha value is -4.04. The van der Waals surface area contributed by atoms with E-state index in [0.717, 1.165) is 11.1 Å². The van der Waals surface area contributed by atoms with Crippen molar-refractivity contribution < 1.29 is 18.7 Å². The quantitative estimate of drug-likeness (QED) is 0.390. The summed E-state index contributed by atoms with van der Waals surface area (Å²) in [6, 6.07) is 19.8. The van der Waals surface area contributed by atoms with Crippen molar-refractivity contribution in [2.45, 2.75) is 13.1 Å². The van der Waals surface area contributed by atoms with Gasteiger partial charge in [-0.15, -0.1) is 11.3 Å². The molecule has 2 heterocycles. The molecule has 0 saturated carbocycles. The number of carbonyl (C=O) groups excluding carboxylic acids is 2. The zero-order valence-electron chi connectivity index (χ0n) is 17.5. The van der Waals surface area contributed by atoms with Crippen LogP contribution in [-0.2, 0) is 13.1 Å². The van der Waals surface area contributed by atoms with Crippen molar-refractivity contribution in [1.29, 1.82) is 0 Å². The van der Waals surface area contributed by atoms with E-state index in [-0.39, 0.29) is 17.6 Å².